The van der Waals surface area contributed by atoms with Crippen molar-refractivity contribution in [1.29, 1.82) is 0 Å². The summed E-state index contributed by atoms with van der Waals surface area (Å²) < 4.78 is 17.3. The predicted molar refractivity (Wildman–Crippen MR) is 110 cm³/mol. The van der Waals surface area contributed by atoms with Gasteiger partial charge in [-0.1, -0.05) is 48.5 Å². The van der Waals surface area contributed by atoms with Crippen LogP contribution < -0.4 is 14.2 Å². The normalized spacial score (nSPS) is 10.6. The molecule has 0 saturated carbocycles. The Kier molecular flexibility index (Phi) is 5.38. The molecule has 0 unspecified atom stereocenters. The van der Waals surface area contributed by atoms with E-state index in [1.54, 1.807) is 7.11 Å². The molecule has 140 valence electrons. The highest BCUT2D eigenvalue weighted by atomic mass is 16.5. The van der Waals surface area contributed by atoms with Gasteiger partial charge in [0.1, 0.15) is 19.0 Å². The molecule has 0 atom stereocenters. The number of nitrogens with zero attached hydrogens (tertiary/aromatic N) is 1. The topological polar surface area (TPSA) is 40.6 Å². The van der Waals surface area contributed by atoms with Crippen LogP contribution in [-0.2, 0) is 13.2 Å². The van der Waals surface area contributed by atoms with Crippen molar-refractivity contribution in [2.45, 2.75) is 13.2 Å². The maximum absolute atomic E-state index is 5.93. The molecule has 0 saturated heterocycles. The number of rotatable bonds is 7. The Morgan fingerprint density at radius 2 is 1.50 bits per heavy atom. The van der Waals surface area contributed by atoms with Crippen molar-refractivity contribution in [2.75, 3.05) is 7.11 Å². The first-order valence-corrected chi connectivity index (χ1v) is 9.13. The van der Waals surface area contributed by atoms with Crippen molar-refractivity contribution < 1.29 is 14.2 Å². The Morgan fingerprint density at radius 3 is 2.36 bits per heavy atom. The molecule has 0 amide bonds. The fourth-order valence-corrected chi connectivity index (χ4v) is 2.95. The lowest BCUT2D eigenvalue weighted by molar-refractivity contribution is 0.277. The van der Waals surface area contributed by atoms with Crippen LogP contribution in [0.2, 0.25) is 0 Å². The third kappa shape index (κ3) is 4.23. The van der Waals surface area contributed by atoms with Crippen molar-refractivity contribution in [1.82, 2.24) is 4.98 Å². The summed E-state index contributed by atoms with van der Waals surface area (Å²) in [4.78, 5) is 4.47. The molecule has 4 heteroatoms. The highest BCUT2D eigenvalue weighted by molar-refractivity contribution is 5.78. The lowest BCUT2D eigenvalue weighted by Crippen LogP contribution is -1.99. The van der Waals surface area contributed by atoms with Crippen molar-refractivity contribution >= 4 is 10.9 Å². The number of fused-ring (bicyclic) bond motifs is 1. The highest BCUT2D eigenvalue weighted by Gasteiger charge is 2.08. The molecule has 0 fully saturated rings. The average Bonchev–Trinajstić information content (AvgIpc) is 2.77. The van der Waals surface area contributed by atoms with E-state index >= 15 is 0 Å². The summed E-state index contributed by atoms with van der Waals surface area (Å²) in [6.45, 7) is 0.922. The van der Waals surface area contributed by atoms with Gasteiger partial charge in [-0.05, 0) is 29.8 Å². The van der Waals surface area contributed by atoms with Gasteiger partial charge in [0.2, 0.25) is 0 Å². The number of ether oxygens (including phenoxy) is 3. The Morgan fingerprint density at radius 1 is 0.714 bits per heavy atom. The minimum Gasteiger partial charge on any atom is -0.493 e. The first-order chi connectivity index (χ1) is 13.8. The molecule has 0 aliphatic heterocycles. The summed E-state index contributed by atoms with van der Waals surface area (Å²) in [6, 6.07) is 25.8. The molecule has 1 heterocycles. The van der Waals surface area contributed by atoms with Gasteiger partial charge in [0.05, 0.1) is 12.6 Å². The largest absolute Gasteiger partial charge is 0.493 e. The van der Waals surface area contributed by atoms with Crippen LogP contribution in [-0.4, -0.2) is 12.1 Å². The van der Waals surface area contributed by atoms with Crippen LogP contribution in [0.25, 0.3) is 10.9 Å². The van der Waals surface area contributed by atoms with E-state index in [0.717, 1.165) is 27.8 Å². The number of hydrogen-bond acceptors (Lipinski definition) is 4. The molecule has 0 bridgehead atoms. The summed E-state index contributed by atoms with van der Waals surface area (Å²) in [5.74, 6) is 2.05. The van der Waals surface area contributed by atoms with E-state index in [1.807, 2.05) is 79.0 Å². The third-order valence-corrected chi connectivity index (χ3v) is 4.42. The number of para-hydroxylation sites is 1. The fourth-order valence-electron chi connectivity index (χ4n) is 2.95. The van der Waals surface area contributed by atoms with Crippen LogP contribution >= 0.6 is 0 Å². The molecule has 0 aliphatic rings. The molecule has 4 aromatic rings. The zero-order valence-corrected chi connectivity index (χ0v) is 15.7. The molecule has 4 nitrogen and oxygen atoms in total. The second-order valence-corrected chi connectivity index (χ2v) is 6.41. The fraction of sp³-hybridized carbons (Fsp3) is 0.125. The van der Waals surface area contributed by atoms with Crippen molar-refractivity contribution in [3.63, 3.8) is 0 Å². The van der Waals surface area contributed by atoms with Crippen LogP contribution in [0.15, 0.2) is 85.1 Å². The predicted octanol–water partition coefficient (Wildman–Crippen LogP) is 5.40. The lowest BCUT2D eigenvalue weighted by Gasteiger charge is -2.13. The molecule has 28 heavy (non-hydrogen) atoms. The highest BCUT2D eigenvalue weighted by Crippen LogP contribution is 2.32. The smallest absolute Gasteiger partial charge is 0.164 e. The molecule has 4 rings (SSSR count). The molecular formula is C24H21NO3. The Bertz CT molecular complexity index is 1060. The summed E-state index contributed by atoms with van der Waals surface area (Å²) in [5, 5.41) is 1.10. The molecule has 3 aromatic carbocycles. The van der Waals surface area contributed by atoms with E-state index in [2.05, 4.69) is 11.1 Å². The van der Waals surface area contributed by atoms with Crippen LogP contribution in [0.5, 0.6) is 17.2 Å². The van der Waals surface area contributed by atoms with Crippen LogP contribution in [0, 0.1) is 0 Å². The maximum atomic E-state index is 5.93. The lowest BCUT2D eigenvalue weighted by atomic mass is 10.2. The minimum absolute atomic E-state index is 0.436. The van der Waals surface area contributed by atoms with Crippen molar-refractivity contribution in [2.24, 2.45) is 0 Å². The van der Waals surface area contributed by atoms with Crippen LogP contribution in [0.3, 0.4) is 0 Å². The summed E-state index contributed by atoms with van der Waals surface area (Å²) in [5.41, 5.74) is 3.10. The minimum atomic E-state index is 0.436. The third-order valence-electron chi connectivity index (χ3n) is 4.42. The second kappa shape index (κ2) is 8.44. The van der Waals surface area contributed by atoms with Gasteiger partial charge in [-0.2, -0.15) is 0 Å². The molecule has 0 spiro atoms. The zero-order valence-electron chi connectivity index (χ0n) is 15.7. The van der Waals surface area contributed by atoms with Gasteiger partial charge in [-0.3, -0.25) is 4.98 Å². The van der Waals surface area contributed by atoms with Crippen molar-refractivity contribution in [3.05, 3.63) is 96.2 Å². The number of methoxy groups -OCH3 is 1. The van der Waals surface area contributed by atoms with E-state index < -0.39 is 0 Å². The van der Waals surface area contributed by atoms with Gasteiger partial charge in [0.15, 0.2) is 11.5 Å². The molecule has 1 aromatic heterocycles. The van der Waals surface area contributed by atoms with Gasteiger partial charge >= 0.3 is 0 Å². The number of benzene rings is 3. The molecule has 0 N–H and O–H groups in total. The molecule has 0 radical (unpaired) electrons. The van der Waals surface area contributed by atoms with Gasteiger partial charge in [-0.15, -0.1) is 0 Å². The first-order valence-electron chi connectivity index (χ1n) is 9.13. The van der Waals surface area contributed by atoms with Crippen LogP contribution in [0.4, 0.5) is 0 Å². The Labute approximate surface area is 164 Å². The maximum Gasteiger partial charge on any atom is 0.164 e. The van der Waals surface area contributed by atoms with E-state index in [-0.39, 0.29) is 0 Å². The quantitative estimate of drug-likeness (QED) is 0.436. The summed E-state index contributed by atoms with van der Waals surface area (Å²) in [6.07, 6.45) is 1.84. The van der Waals surface area contributed by atoms with Gasteiger partial charge in [0.25, 0.3) is 0 Å². The van der Waals surface area contributed by atoms with Crippen molar-refractivity contribution in [3.8, 4) is 17.2 Å². The standard InChI is InChI=1S/C24H21NO3/c1-26-24-14-21(11-12-23(24)28-16-18-7-3-2-4-8-18)27-17-19-13-20-9-5-6-10-22(20)25-15-19/h2-15H,16-17H2,1H3. The number of aromatic nitrogens is 1. The van der Waals surface area contributed by atoms with Gasteiger partial charge in [-0.25, -0.2) is 0 Å². The number of pyridine rings is 1. The van der Waals surface area contributed by atoms with Gasteiger partial charge in [0, 0.05) is 23.2 Å². The number of hydrogen-bond donors (Lipinski definition) is 0. The van der Waals surface area contributed by atoms with E-state index in [0.29, 0.717) is 24.7 Å². The van der Waals surface area contributed by atoms with E-state index in [9.17, 15) is 0 Å². The SMILES string of the molecule is COc1cc(OCc2cnc3ccccc3c2)ccc1OCc1ccccc1. The monoisotopic (exact) mass is 371 g/mol. The van der Waals surface area contributed by atoms with E-state index in [1.165, 1.54) is 0 Å². The molecular weight excluding hydrogens is 350 g/mol. The van der Waals surface area contributed by atoms with Gasteiger partial charge < -0.3 is 14.2 Å². The molecule has 0 aliphatic carbocycles. The Hall–Kier alpha value is -3.53. The summed E-state index contributed by atoms with van der Waals surface area (Å²) in [7, 11) is 1.63. The average molecular weight is 371 g/mol. The van der Waals surface area contributed by atoms with Crippen LogP contribution in [0.1, 0.15) is 11.1 Å². The second-order valence-electron chi connectivity index (χ2n) is 6.41. The van der Waals surface area contributed by atoms with E-state index in [4.69, 9.17) is 14.2 Å². The Balaban J connectivity index is 1.43. The zero-order chi connectivity index (χ0) is 19.2. The first kappa shape index (κ1) is 17.9. The summed E-state index contributed by atoms with van der Waals surface area (Å²) >= 11 is 0.